The molecule has 1 N–H and O–H groups in total. The molecule has 20 heavy (non-hydrogen) atoms. The van der Waals surface area contributed by atoms with Gasteiger partial charge in [-0.05, 0) is 41.7 Å². The largest absolute Gasteiger partial charge is 0.389 e. The highest BCUT2D eigenvalue weighted by Gasteiger charge is 2.32. The number of benzene rings is 2. The lowest BCUT2D eigenvalue weighted by Gasteiger charge is -2.34. The zero-order valence-electron chi connectivity index (χ0n) is 11.1. The molecule has 3 heteroatoms. The van der Waals surface area contributed by atoms with Crippen molar-refractivity contribution >= 4 is 27.5 Å². The smallest absolute Gasteiger partial charge is 0.0731 e. The number of rotatable bonds is 2. The molecule has 0 amide bonds. The predicted octanol–water partition coefficient (Wildman–Crippen LogP) is 4.57. The van der Waals surface area contributed by atoms with Gasteiger partial charge in [0.1, 0.15) is 0 Å². The molecule has 0 spiro atoms. The molecular formula is C17H16BrClO. The molecule has 0 fully saturated rings. The molecule has 1 unspecified atom stereocenters. The monoisotopic (exact) mass is 350 g/mol. The molecule has 2 aromatic carbocycles. The van der Waals surface area contributed by atoms with Gasteiger partial charge < -0.3 is 5.11 Å². The van der Waals surface area contributed by atoms with E-state index >= 15 is 0 Å². The first kappa shape index (κ1) is 14.1. The molecule has 0 aliphatic heterocycles. The molecule has 1 atom stereocenters. The second-order valence-corrected chi connectivity index (χ2v) is 6.91. The molecule has 0 bridgehead atoms. The van der Waals surface area contributed by atoms with E-state index in [4.69, 9.17) is 11.6 Å². The maximum atomic E-state index is 10.9. The Bertz CT molecular complexity index is 641. The van der Waals surface area contributed by atoms with Gasteiger partial charge in [0.2, 0.25) is 0 Å². The maximum absolute atomic E-state index is 10.9. The topological polar surface area (TPSA) is 20.2 Å². The lowest BCUT2D eigenvalue weighted by molar-refractivity contribution is 0.0267. The zero-order valence-corrected chi connectivity index (χ0v) is 13.4. The number of halogens is 2. The van der Waals surface area contributed by atoms with Crippen molar-refractivity contribution in [1.29, 1.82) is 0 Å². The minimum Gasteiger partial charge on any atom is -0.389 e. The average Bonchev–Trinajstić information content (AvgIpc) is 2.42. The van der Waals surface area contributed by atoms with E-state index in [0.29, 0.717) is 17.9 Å². The van der Waals surface area contributed by atoms with Crippen LogP contribution in [0.25, 0.3) is 0 Å². The first-order chi connectivity index (χ1) is 9.56. The number of hydrogen-bond acceptors (Lipinski definition) is 1. The van der Waals surface area contributed by atoms with Gasteiger partial charge in [0.25, 0.3) is 0 Å². The van der Waals surface area contributed by atoms with E-state index in [1.165, 1.54) is 11.1 Å². The Morgan fingerprint density at radius 2 is 1.90 bits per heavy atom. The van der Waals surface area contributed by atoms with Crippen LogP contribution in [0.3, 0.4) is 0 Å². The number of hydrogen-bond donors (Lipinski definition) is 1. The summed E-state index contributed by atoms with van der Waals surface area (Å²) in [5.41, 5.74) is 2.94. The summed E-state index contributed by atoms with van der Waals surface area (Å²) >= 11 is 9.68. The highest BCUT2D eigenvalue weighted by molar-refractivity contribution is 9.10. The molecular weight excluding hydrogens is 336 g/mol. The molecule has 104 valence electrons. The minimum absolute atomic E-state index is 0.605. The first-order valence-electron chi connectivity index (χ1n) is 6.79. The SMILES string of the molecule is OC1(Cc2ccc(Br)cc2Cl)CCc2ccccc2C1. The lowest BCUT2D eigenvalue weighted by Crippen LogP contribution is -2.38. The van der Waals surface area contributed by atoms with E-state index in [9.17, 15) is 5.11 Å². The molecule has 2 aromatic rings. The van der Waals surface area contributed by atoms with Crippen LogP contribution in [0.5, 0.6) is 0 Å². The van der Waals surface area contributed by atoms with Crippen molar-refractivity contribution in [2.45, 2.75) is 31.3 Å². The maximum Gasteiger partial charge on any atom is 0.0731 e. The van der Waals surface area contributed by atoms with E-state index < -0.39 is 5.60 Å². The predicted molar refractivity (Wildman–Crippen MR) is 86.3 cm³/mol. The van der Waals surface area contributed by atoms with Crippen molar-refractivity contribution in [2.75, 3.05) is 0 Å². The van der Waals surface area contributed by atoms with Gasteiger partial charge in [0, 0.05) is 22.3 Å². The fraction of sp³-hybridized carbons (Fsp3) is 0.294. The van der Waals surface area contributed by atoms with Crippen LogP contribution in [0.2, 0.25) is 5.02 Å². The standard InChI is InChI=1S/C17H16BrClO/c18-15-6-5-14(16(19)9-15)11-17(20)8-7-12-3-1-2-4-13(12)10-17/h1-6,9,20H,7-8,10-11H2. The van der Waals surface area contributed by atoms with Crippen molar-refractivity contribution < 1.29 is 5.11 Å². The van der Waals surface area contributed by atoms with E-state index in [1.807, 2.05) is 24.3 Å². The number of fused-ring (bicyclic) bond motifs is 1. The Hall–Kier alpha value is -0.830. The molecule has 0 saturated heterocycles. The van der Waals surface area contributed by atoms with Crippen molar-refractivity contribution in [1.82, 2.24) is 0 Å². The van der Waals surface area contributed by atoms with Crippen LogP contribution in [-0.4, -0.2) is 10.7 Å². The number of aliphatic hydroxyl groups is 1. The Morgan fingerprint density at radius 3 is 2.65 bits per heavy atom. The third-order valence-corrected chi connectivity index (χ3v) is 4.88. The van der Waals surface area contributed by atoms with Gasteiger partial charge in [-0.2, -0.15) is 0 Å². The fourth-order valence-corrected chi connectivity index (χ4v) is 3.69. The van der Waals surface area contributed by atoms with Gasteiger partial charge in [-0.1, -0.05) is 57.9 Å². The van der Waals surface area contributed by atoms with Crippen LogP contribution in [0.15, 0.2) is 46.9 Å². The summed E-state index contributed by atoms with van der Waals surface area (Å²) in [7, 11) is 0. The summed E-state index contributed by atoms with van der Waals surface area (Å²) in [6, 6.07) is 14.2. The number of aryl methyl sites for hydroxylation is 1. The Morgan fingerprint density at radius 1 is 1.15 bits per heavy atom. The summed E-state index contributed by atoms with van der Waals surface area (Å²) < 4.78 is 0.965. The van der Waals surface area contributed by atoms with Gasteiger partial charge in [-0.15, -0.1) is 0 Å². The van der Waals surface area contributed by atoms with E-state index in [1.54, 1.807) is 0 Å². The quantitative estimate of drug-likeness (QED) is 0.840. The summed E-state index contributed by atoms with van der Waals surface area (Å²) in [6.45, 7) is 0. The van der Waals surface area contributed by atoms with E-state index in [0.717, 1.165) is 22.9 Å². The van der Waals surface area contributed by atoms with Crippen molar-refractivity contribution in [3.8, 4) is 0 Å². The summed E-state index contributed by atoms with van der Waals surface area (Å²) in [5, 5.41) is 11.6. The molecule has 0 radical (unpaired) electrons. The normalized spacial score (nSPS) is 21.6. The average molecular weight is 352 g/mol. The highest BCUT2D eigenvalue weighted by Crippen LogP contribution is 2.33. The Labute approximate surface area is 132 Å². The second-order valence-electron chi connectivity index (χ2n) is 5.58. The minimum atomic E-state index is -0.689. The van der Waals surface area contributed by atoms with Gasteiger partial charge in [0.15, 0.2) is 0 Å². The first-order valence-corrected chi connectivity index (χ1v) is 7.96. The van der Waals surface area contributed by atoms with Gasteiger partial charge >= 0.3 is 0 Å². The van der Waals surface area contributed by atoms with E-state index in [-0.39, 0.29) is 0 Å². The lowest BCUT2D eigenvalue weighted by atomic mass is 9.77. The second kappa shape index (κ2) is 5.51. The van der Waals surface area contributed by atoms with Crippen LogP contribution in [0.4, 0.5) is 0 Å². The van der Waals surface area contributed by atoms with Gasteiger partial charge in [-0.25, -0.2) is 0 Å². The molecule has 3 rings (SSSR count). The Balaban J connectivity index is 1.84. The molecule has 1 aliphatic rings. The van der Waals surface area contributed by atoms with Crippen molar-refractivity contribution in [2.24, 2.45) is 0 Å². The third kappa shape index (κ3) is 2.93. The highest BCUT2D eigenvalue weighted by atomic mass is 79.9. The van der Waals surface area contributed by atoms with Crippen molar-refractivity contribution in [3.05, 3.63) is 68.7 Å². The van der Waals surface area contributed by atoms with Gasteiger partial charge in [-0.3, -0.25) is 0 Å². The van der Waals surface area contributed by atoms with Crippen LogP contribution >= 0.6 is 27.5 Å². The molecule has 0 saturated carbocycles. The summed E-state index contributed by atoms with van der Waals surface area (Å²) in [6.07, 6.45) is 3.03. The molecule has 0 aromatic heterocycles. The van der Waals surface area contributed by atoms with Crippen LogP contribution in [-0.2, 0) is 19.3 Å². The summed E-state index contributed by atoms with van der Waals surface area (Å²) in [4.78, 5) is 0. The third-order valence-electron chi connectivity index (χ3n) is 4.03. The van der Waals surface area contributed by atoms with E-state index in [2.05, 4.69) is 34.1 Å². The van der Waals surface area contributed by atoms with Crippen molar-refractivity contribution in [3.63, 3.8) is 0 Å². The van der Waals surface area contributed by atoms with Gasteiger partial charge in [0.05, 0.1) is 5.60 Å². The molecule has 1 aliphatic carbocycles. The Kier molecular flexibility index (Phi) is 3.89. The van der Waals surface area contributed by atoms with Crippen LogP contribution in [0.1, 0.15) is 23.1 Å². The molecule has 1 nitrogen and oxygen atoms in total. The molecule has 0 heterocycles. The van der Waals surface area contributed by atoms with Crippen LogP contribution < -0.4 is 0 Å². The van der Waals surface area contributed by atoms with Crippen LogP contribution in [0, 0.1) is 0 Å². The summed E-state index contributed by atoms with van der Waals surface area (Å²) in [5.74, 6) is 0. The zero-order chi connectivity index (χ0) is 14.2. The fourth-order valence-electron chi connectivity index (χ4n) is 2.95.